The summed E-state index contributed by atoms with van der Waals surface area (Å²) in [6, 6.07) is 16.0. The zero-order valence-electron chi connectivity index (χ0n) is 12.7. The smallest absolute Gasteiger partial charge is 0.227 e. The van der Waals surface area contributed by atoms with Crippen LogP contribution in [-0.2, 0) is 4.79 Å². The summed E-state index contributed by atoms with van der Waals surface area (Å²) >= 11 is 1.68. The summed E-state index contributed by atoms with van der Waals surface area (Å²) in [5.74, 6) is 0.0965. The van der Waals surface area contributed by atoms with Crippen LogP contribution < -0.4 is 5.32 Å². The topological polar surface area (TPSA) is 42.0 Å². The molecule has 0 saturated heterocycles. The molecule has 0 aliphatic carbocycles. The lowest BCUT2D eigenvalue weighted by molar-refractivity contribution is -0.119. The Morgan fingerprint density at radius 3 is 2.59 bits per heavy atom. The Kier molecular flexibility index (Phi) is 4.20. The Morgan fingerprint density at radius 2 is 1.91 bits per heavy atom. The van der Waals surface area contributed by atoms with Gasteiger partial charge >= 0.3 is 0 Å². The van der Waals surface area contributed by atoms with Gasteiger partial charge in [-0.2, -0.15) is 0 Å². The minimum Gasteiger partial charge on any atom is -0.326 e. The van der Waals surface area contributed by atoms with Gasteiger partial charge in [-0.05, 0) is 42.8 Å². The number of hydrogen-bond acceptors (Lipinski definition) is 3. The van der Waals surface area contributed by atoms with E-state index in [4.69, 9.17) is 0 Å². The highest BCUT2D eigenvalue weighted by atomic mass is 32.1. The minimum absolute atomic E-state index is 0.0314. The number of nitrogens with zero attached hydrogens (tertiary/aromatic N) is 1. The maximum Gasteiger partial charge on any atom is 0.227 e. The fraction of sp³-hybridized carbons (Fsp3) is 0.222. The molecule has 0 spiro atoms. The molecule has 22 heavy (non-hydrogen) atoms. The van der Waals surface area contributed by atoms with Gasteiger partial charge in [0.05, 0.1) is 10.2 Å². The molecule has 2 aromatic carbocycles. The first-order valence-corrected chi connectivity index (χ1v) is 8.26. The Bertz CT molecular complexity index is 759. The zero-order valence-corrected chi connectivity index (χ0v) is 13.5. The number of para-hydroxylation sites is 1. The fourth-order valence-electron chi connectivity index (χ4n) is 2.14. The molecular formula is C18H18N2OS. The first kappa shape index (κ1) is 14.7. The Morgan fingerprint density at radius 1 is 1.18 bits per heavy atom. The van der Waals surface area contributed by atoms with Crippen LogP contribution in [0.5, 0.6) is 0 Å². The first-order valence-electron chi connectivity index (χ1n) is 7.44. The molecule has 0 radical (unpaired) electrons. The highest BCUT2D eigenvalue weighted by Crippen LogP contribution is 2.30. The van der Waals surface area contributed by atoms with Crippen molar-refractivity contribution < 1.29 is 4.79 Å². The van der Waals surface area contributed by atoms with E-state index in [1.54, 1.807) is 11.3 Å². The van der Waals surface area contributed by atoms with Gasteiger partial charge in [0, 0.05) is 17.2 Å². The van der Waals surface area contributed by atoms with Crippen molar-refractivity contribution >= 4 is 33.1 Å². The normalized spacial score (nSPS) is 12.3. The molecule has 1 N–H and O–H groups in total. The summed E-state index contributed by atoms with van der Waals surface area (Å²) in [5.41, 5.74) is 2.93. The molecule has 1 atom stereocenters. The standard InChI is InChI=1S/C18H18N2OS/c1-3-12(2)17(21)19-14-10-8-13(9-11-14)18-20-15-6-4-5-7-16(15)22-18/h4-12H,3H2,1-2H3,(H,19,21)/t12-/m0/s1. The van der Waals surface area contributed by atoms with Crippen molar-refractivity contribution in [1.29, 1.82) is 0 Å². The predicted octanol–water partition coefficient (Wildman–Crippen LogP) is 4.95. The molecule has 0 aliphatic rings. The SMILES string of the molecule is CC[C@H](C)C(=O)Nc1ccc(-c2nc3ccccc3s2)cc1. The van der Waals surface area contributed by atoms with Crippen LogP contribution in [0.3, 0.4) is 0 Å². The van der Waals surface area contributed by atoms with E-state index in [-0.39, 0.29) is 11.8 Å². The van der Waals surface area contributed by atoms with Crippen molar-refractivity contribution in [2.45, 2.75) is 20.3 Å². The highest BCUT2D eigenvalue weighted by molar-refractivity contribution is 7.21. The van der Waals surface area contributed by atoms with Gasteiger partial charge in [0.15, 0.2) is 0 Å². The van der Waals surface area contributed by atoms with Crippen LogP contribution in [0.4, 0.5) is 5.69 Å². The molecule has 0 fully saturated rings. The van der Waals surface area contributed by atoms with Crippen LogP contribution in [0, 0.1) is 5.92 Å². The number of hydrogen-bond donors (Lipinski definition) is 1. The van der Waals surface area contributed by atoms with Crippen LogP contribution in [0.15, 0.2) is 48.5 Å². The van der Waals surface area contributed by atoms with Crippen molar-refractivity contribution in [1.82, 2.24) is 4.98 Å². The van der Waals surface area contributed by atoms with Crippen LogP contribution in [0.2, 0.25) is 0 Å². The number of carbonyl (C=O) groups excluding carboxylic acids is 1. The van der Waals surface area contributed by atoms with Crippen molar-refractivity contribution in [3.05, 3.63) is 48.5 Å². The molecule has 112 valence electrons. The molecule has 1 heterocycles. The number of aromatic nitrogens is 1. The van der Waals surface area contributed by atoms with E-state index in [9.17, 15) is 4.79 Å². The number of benzene rings is 2. The third-order valence-electron chi connectivity index (χ3n) is 3.75. The maximum atomic E-state index is 11.9. The molecule has 3 nitrogen and oxygen atoms in total. The van der Waals surface area contributed by atoms with Gasteiger partial charge in [0.1, 0.15) is 5.01 Å². The average molecular weight is 310 g/mol. The van der Waals surface area contributed by atoms with Gasteiger partial charge in [0.2, 0.25) is 5.91 Å². The third kappa shape index (κ3) is 3.02. The van der Waals surface area contributed by atoms with E-state index in [2.05, 4.69) is 16.4 Å². The van der Waals surface area contributed by atoms with Gasteiger partial charge in [-0.3, -0.25) is 4.79 Å². The number of nitrogens with one attached hydrogen (secondary N) is 1. The van der Waals surface area contributed by atoms with Gasteiger partial charge in [-0.25, -0.2) is 4.98 Å². The van der Waals surface area contributed by atoms with Crippen LogP contribution in [0.1, 0.15) is 20.3 Å². The second-order valence-corrected chi connectivity index (χ2v) is 6.39. The van der Waals surface area contributed by atoms with Crippen LogP contribution in [0.25, 0.3) is 20.8 Å². The maximum absolute atomic E-state index is 11.9. The molecule has 1 aromatic heterocycles. The summed E-state index contributed by atoms with van der Waals surface area (Å²) < 4.78 is 1.19. The summed E-state index contributed by atoms with van der Waals surface area (Å²) in [4.78, 5) is 16.5. The second-order valence-electron chi connectivity index (χ2n) is 5.36. The minimum atomic E-state index is 0.0314. The van der Waals surface area contributed by atoms with E-state index in [0.29, 0.717) is 0 Å². The number of rotatable bonds is 4. The molecule has 0 bridgehead atoms. The summed E-state index contributed by atoms with van der Waals surface area (Å²) in [5, 5.41) is 3.94. The average Bonchev–Trinajstić information content (AvgIpc) is 2.98. The monoisotopic (exact) mass is 310 g/mol. The Labute approximate surface area is 134 Å². The largest absolute Gasteiger partial charge is 0.326 e. The van der Waals surface area contributed by atoms with Crippen molar-refractivity contribution in [2.24, 2.45) is 5.92 Å². The molecule has 1 amide bonds. The number of carbonyl (C=O) groups is 1. The van der Waals surface area contributed by atoms with Gasteiger partial charge in [-0.15, -0.1) is 11.3 Å². The Hall–Kier alpha value is -2.20. The van der Waals surface area contributed by atoms with Gasteiger partial charge in [0.25, 0.3) is 0 Å². The lowest BCUT2D eigenvalue weighted by atomic mass is 10.1. The van der Waals surface area contributed by atoms with Crippen molar-refractivity contribution in [3.8, 4) is 10.6 Å². The Balaban J connectivity index is 1.80. The summed E-state index contributed by atoms with van der Waals surface area (Å²) in [6.45, 7) is 3.95. The summed E-state index contributed by atoms with van der Waals surface area (Å²) in [7, 11) is 0. The molecule has 3 rings (SSSR count). The number of anilines is 1. The second kappa shape index (κ2) is 6.28. The summed E-state index contributed by atoms with van der Waals surface area (Å²) in [6.07, 6.45) is 0.843. The fourth-order valence-corrected chi connectivity index (χ4v) is 3.11. The molecule has 4 heteroatoms. The van der Waals surface area contributed by atoms with E-state index in [1.165, 1.54) is 4.70 Å². The van der Waals surface area contributed by atoms with Gasteiger partial charge in [-0.1, -0.05) is 26.0 Å². The van der Waals surface area contributed by atoms with E-state index in [0.717, 1.165) is 28.2 Å². The number of amides is 1. The molecule has 0 unspecified atom stereocenters. The number of thiazole rings is 1. The highest BCUT2D eigenvalue weighted by Gasteiger charge is 2.11. The van der Waals surface area contributed by atoms with Crippen LogP contribution in [-0.4, -0.2) is 10.9 Å². The molecular weight excluding hydrogens is 292 g/mol. The predicted molar refractivity (Wildman–Crippen MR) is 93.1 cm³/mol. The lowest BCUT2D eigenvalue weighted by Gasteiger charge is -2.10. The van der Waals surface area contributed by atoms with E-state index < -0.39 is 0 Å². The molecule has 0 aliphatic heterocycles. The number of fused-ring (bicyclic) bond motifs is 1. The van der Waals surface area contributed by atoms with Crippen molar-refractivity contribution in [3.63, 3.8) is 0 Å². The first-order chi connectivity index (χ1) is 10.7. The quantitative estimate of drug-likeness (QED) is 0.741. The van der Waals surface area contributed by atoms with E-state index >= 15 is 0 Å². The lowest BCUT2D eigenvalue weighted by Crippen LogP contribution is -2.19. The van der Waals surface area contributed by atoms with Crippen LogP contribution >= 0.6 is 11.3 Å². The third-order valence-corrected chi connectivity index (χ3v) is 4.84. The zero-order chi connectivity index (χ0) is 15.5. The van der Waals surface area contributed by atoms with Gasteiger partial charge < -0.3 is 5.32 Å². The van der Waals surface area contributed by atoms with Crippen molar-refractivity contribution in [2.75, 3.05) is 5.32 Å². The van der Waals surface area contributed by atoms with E-state index in [1.807, 2.05) is 56.3 Å². The molecule has 0 saturated carbocycles. The molecule has 3 aromatic rings.